The Hall–Kier alpha value is -6.69. The van der Waals surface area contributed by atoms with E-state index >= 15 is 0 Å². The lowest BCUT2D eigenvalue weighted by Crippen LogP contribution is -2.32. The lowest BCUT2D eigenvalue weighted by Gasteiger charge is -2.30. The maximum atomic E-state index is 13.9. The van der Waals surface area contributed by atoms with E-state index in [4.69, 9.17) is 0 Å². The normalized spacial score (nSPS) is 17.0. The Bertz CT molecular complexity index is 3960. The number of rotatable bonds is 33. The number of amides is 4. The first-order chi connectivity index (χ1) is 43.1. The largest absolute Gasteiger partial charge is 0.351 e. The van der Waals surface area contributed by atoms with Crippen molar-refractivity contribution in [3.63, 3.8) is 0 Å². The number of pyridine rings is 2. The number of fused-ring (bicyclic) bond motifs is 6. The Morgan fingerprint density at radius 1 is 0.578 bits per heavy atom. The summed E-state index contributed by atoms with van der Waals surface area (Å²) in [5.74, 6) is -2.52. The molecule has 90 heavy (non-hydrogen) atoms. The van der Waals surface area contributed by atoms with E-state index in [2.05, 4.69) is 113 Å². The third-order valence-corrected chi connectivity index (χ3v) is 20.6. The van der Waals surface area contributed by atoms with E-state index in [1.165, 1.54) is 22.7 Å². The first-order valence-corrected chi connectivity index (χ1v) is 37.0. The predicted octanol–water partition coefficient (Wildman–Crippen LogP) is 13.5. The second-order valence-corrected chi connectivity index (χ2v) is 29.0. The number of nitrogens with one attached hydrogen (secondary N) is 4. The highest BCUT2D eigenvalue weighted by Gasteiger charge is 2.49. The molecule has 4 amide bonds. The summed E-state index contributed by atoms with van der Waals surface area (Å²) in [7, 11) is -8.70. The highest BCUT2D eigenvalue weighted by molar-refractivity contribution is 7.86. The van der Waals surface area contributed by atoms with Gasteiger partial charge in [-0.2, -0.15) is 21.4 Å². The molecule has 2 aromatic carbocycles. The van der Waals surface area contributed by atoms with Gasteiger partial charge in [0.25, 0.3) is 43.9 Å². The van der Waals surface area contributed by atoms with Gasteiger partial charge in [0.15, 0.2) is 5.71 Å². The minimum atomic E-state index is -4.36. The lowest BCUT2D eigenvalue weighted by molar-refractivity contribution is -0.435. The minimum absolute atomic E-state index is 0.0987. The second kappa shape index (κ2) is 30.6. The molecule has 0 aliphatic carbocycles. The molecule has 0 radical (unpaired) electrons. The van der Waals surface area contributed by atoms with Crippen molar-refractivity contribution < 1.29 is 49.7 Å². The van der Waals surface area contributed by atoms with Gasteiger partial charge in [-0.3, -0.25) is 28.3 Å². The average Bonchev–Trinajstić information content (AvgIpc) is 1.56. The van der Waals surface area contributed by atoms with Crippen LogP contribution in [0.25, 0.3) is 42.4 Å². The monoisotopic (exact) mass is 1310 g/mol. The van der Waals surface area contributed by atoms with Crippen molar-refractivity contribution in [3.05, 3.63) is 117 Å². The molecule has 0 saturated heterocycles. The van der Waals surface area contributed by atoms with Crippen molar-refractivity contribution >= 4 is 104 Å². The quantitative estimate of drug-likeness (QED) is 0.0127. The predicted molar refractivity (Wildman–Crippen MR) is 365 cm³/mol. The summed E-state index contributed by atoms with van der Waals surface area (Å²) in [5, 5.41) is 17.7. The summed E-state index contributed by atoms with van der Waals surface area (Å²) in [6.07, 6.45) is 17.3. The highest BCUT2D eigenvalue weighted by atomic mass is 32.2. The van der Waals surface area contributed by atoms with Gasteiger partial charge in [-0.25, -0.2) is 9.97 Å². The van der Waals surface area contributed by atoms with E-state index in [0.29, 0.717) is 63.1 Å². The topological polar surface area (TPSA) is 257 Å². The van der Waals surface area contributed by atoms with Crippen molar-refractivity contribution in [2.45, 2.75) is 163 Å². The molecule has 484 valence electrons. The minimum Gasteiger partial charge on any atom is -0.351 e. The van der Waals surface area contributed by atoms with E-state index in [1.54, 1.807) is 24.3 Å². The van der Waals surface area contributed by atoms with Gasteiger partial charge in [-0.15, -0.1) is 22.7 Å². The number of nitrogens with zero attached hydrogens (tertiary/aromatic N) is 4. The van der Waals surface area contributed by atoms with Gasteiger partial charge in [0, 0.05) is 87.8 Å². The molecule has 0 unspecified atom stereocenters. The van der Waals surface area contributed by atoms with Crippen LogP contribution in [0.2, 0.25) is 0 Å². The molecular weight excluding hydrogens is 1220 g/mol. The molecule has 8 rings (SSSR count). The zero-order chi connectivity index (χ0) is 65.0. The number of thiophene rings is 2. The molecule has 22 heteroatoms. The first-order valence-electron chi connectivity index (χ1n) is 32.0. The van der Waals surface area contributed by atoms with Crippen LogP contribution in [-0.4, -0.2) is 121 Å². The molecule has 0 spiro atoms. The van der Waals surface area contributed by atoms with Gasteiger partial charge in [-0.1, -0.05) is 85.6 Å². The summed E-state index contributed by atoms with van der Waals surface area (Å²) in [5.41, 5.74) is 7.11. The Kier molecular flexibility index (Phi) is 23.5. The number of carbonyl (C=O) groups excluding carboxylic acids is 4. The molecule has 2 atom stereocenters. The van der Waals surface area contributed by atoms with Crippen LogP contribution in [0.3, 0.4) is 0 Å². The van der Waals surface area contributed by atoms with E-state index in [-0.39, 0.29) is 54.0 Å². The van der Waals surface area contributed by atoms with Crippen LogP contribution >= 0.6 is 22.7 Å². The fourth-order valence-corrected chi connectivity index (χ4v) is 15.7. The summed E-state index contributed by atoms with van der Waals surface area (Å²) in [6, 6.07) is 15.3. The Morgan fingerprint density at radius 3 is 1.60 bits per heavy atom. The molecule has 6 heterocycles. The summed E-state index contributed by atoms with van der Waals surface area (Å²) in [6.45, 7) is 19.0. The van der Waals surface area contributed by atoms with Gasteiger partial charge >= 0.3 is 0 Å². The molecular formula is C68H89N8O10S4+. The lowest BCUT2D eigenvalue weighted by atomic mass is 9.74. The standard InChI is InChI=1S/C68H88N8O10S4/c1-9-15-17-19-31-71-65(79)55-41-45(39-53(73-55)63(77)69-14-6)49-43-51-60(48-27-36-88-62(48)49)76(34-23-38-90(84,85)86)57(67(51,7)28-11-3)24-21-25-58-68(8,29-22-37-89(81,82)83)52-44-50(61-47(26-35-87-61)59(52)75(58)33-13-5)46-40-54(64(78)70-30-12-4)74-56(42-46)66(80)72-32-20-18-16-10-2/h21,24-27,35-36,39-44H,9-20,22-23,28-34,37-38H2,1-8H3,(H5-,69,70,71,72,77,78,79,80,81,82,83,84,85,86)/p+1/t67-,68-/m0/s1. The molecule has 2 aliphatic rings. The highest BCUT2D eigenvalue weighted by Crippen LogP contribution is 2.56. The fraction of sp³-hybridized carbons (Fsp3) is 0.485. The third-order valence-electron chi connectivity index (χ3n) is 17.1. The molecule has 4 aromatic heterocycles. The zero-order valence-electron chi connectivity index (χ0n) is 53.4. The molecule has 0 saturated carbocycles. The Morgan fingerprint density at radius 2 is 1.09 bits per heavy atom. The first kappa shape index (κ1) is 69.2. The summed E-state index contributed by atoms with van der Waals surface area (Å²) < 4.78 is 74.1. The van der Waals surface area contributed by atoms with E-state index in [9.17, 15) is 45.1 Å². The number of allylic oxidation sites excluding steroid dienone is 4. The van der Waals surface area contributed by atoms with Crippen LogP contribution in [0.1, 0.15) is 205 Å². The zero-order valence-corrected chi connectivity index (χ0v) is 56.6. The number of carbonyl (C=O) groups is 4. The van der Waals surface area contributed by atoms with Crippen molar-refractivity contribution in [1.29, 1.82) is 0 Å². The van der Waals surface area contributed by atoms with Crippen LogP contribution in [0, 0.1) is 0 Å². The van der Waals surface area contributed by atoms with Gasteiger partial charge in [-0.05, 0) is 148 Å². The molecule has 18 nitrogen and oxygen atoms in total. The maximum absolute atomic E-state index is 13.9. The van der Waals surface area contributed by atoms with Gasteiger partial charge in [0.05, 0.1) is 28.0 Å². The average molecular weight is 1310 g/mol. The van der Waals surface area contributed by atoms with Crippen LogP contribution in [0.15, 0.2) is 83.2 Å². The Balaban J connectivity index is 1.30. The van der Waals surface area contributed by atoms with Crippen LogP contribution < -0.4 is 26.2 Å². The molecule has 0 fully saturated rings. The molecule has 2 aliphatic heterocycles. The van der Waals surface area contributed by atoms with Crippen LogP contribution in [-0.2, 0) is 31.1 Å². The smallest absolute Gasteiger partial charge is 0.269 e. The van der Waals surface area contributed by atoms with Crippen molar-refractivity contribution in [3.8, 4) is 22.3 Å². The number of hydrogen-bond acceptors (Lipinski definition) is 13. The van der Waals surface area contributed by atoms with Gasteiger partial charge in [0.2, 0.25) is 5.69 Å². The number of hydrogen-bond donors (Lipinski definition) is 6. The summed E-state index contributed by atoms with van der Waals surface area (Å²) in [4.78, 5) is 66.8. The number of benzene rings is 2. The van der Waals surface area contributed by atoms with Crippen molar-refractivity contribution in [2.75, 3.05) is 55.7 Å². The number of aromatic nitrogens is 2. The second-order valence-electron chi connectivity index (χ2n) is 24.0. The van der Waals surface area contributed by atoms with Crippen LogP contribution in [0.4, 0.5) is 11.4 Å². The maximum Gasteiger partial charge on any atom is 0.269 e. The SMILES string of the molecule is CCCCCCNC(=O)c1cc(-c2cc3c(c4ccsc24)[N+](CCCS(=O)(=O)O)=C(/C=C/C=C2/N(CCC)c4c(cc(-c5cc(C(=O)NCCC)nc(C(=O)NCCCCCC)c5)c5sccc45)[C@]2(C)CCCS(=O)(=O)O)[C@@]3(C)CCC)cc(C(=O)NCC)n1. The molecule has 0 bridgehead atoms. The number of unbranched alkanes of at least 4 members (excludes halogenated alkanes) is 6. The third kappa shape index (κ3) is 15.8. The van der Waals surface area contributed by atoms with Crippen LogP contribution in [0.5, 0.6) is 0 Å². The van der Waals surface area contributed by atoms with E-state index in [0.717, 1.165) is 129 Å². The Labute approximate surface area is 539 Å². The number of anilines is 1. The van der Waals surface area contributed by atoms with Gasteiger partial charge in [0.1, 0.15) is 29.3 Å². The fourth-order valence-electron chi connectivity index (χ4n) is 12.8. The summed E-state index contributed by atoms with van der Waals surface area (Å²) >= 11 is 3.05. The molecule has 6 aromatic rings. The van der Waals surface area contributed by atoms with Crippen molar-refractivity contribution in [1.82, 2.24) is 31.2 Å². The van der Waals surface area contributed by atoms with Crippen molar-refractivity contribution in [2.24, 2.45) is 0 Å². The van der Waals surface area contributed by atoms with Gasteiger partial charge < -0.3 is 26.2 Å². The van der Waals surface area contributed by atoms with E-state index < -0.39 is 54.4 Å². The molecule has 6 N–H and O–H groups in total. The van der Waals surface area contributed by atoms with E-state index in [1.807, 2.05) is 36.7 Å².